The van der Waals surface area contributed by atoms with Crippen LogP contribution >= 0.6 is 11.6 Å². The molecule has 0 aliphatic rings. The van der Waals surface area contributed by atoms with Crippen molar-refractivity contribution in [2.75, 3.05) is 0 Å². The minimum Gasteiger partial charge on any atom is -0.359 e. The molecular weight excluding hydrogens is 294 g/mol. The summed E-state index contributed by atoms with van der Waals surface area (Å²) in [7, 11) is 0. The number of carbonyl (C=O) groups excluding carboxylic acids is 1. The molecule has 0 bridgehead atoms. The molecule has 0 aliphatic heterocycles. The highest BCUT2D eigenvalue weighted by Crippen LogP contribution is 2.19. The van der Waals surface area contributed by atoms with Gasteiger partial charge in [0.25, 0.3) is 5.91 Å². The lowest BCUT2D eigenvalue weighted by molar-refractivity contribution is 0.0942. The topological polar surface area (TPSA) is 85.3 Å². The minimum absolute atomic E-state index is 0.130. The Hall–Kier alpha value is -2.41. The molecule has 108 valence electrons. The zero-order valence-corrected chi connectivity index (χ0v) is 12.0. The van der Waals surface area contributed by atoms with Gasteiger partial charge in [0.2, 0.25) is 0 Å². The van der Waals surface area contributed by atoms with Crippen LogP contribution < -0.4 is 5.32 Å². The Morgan fingerprint density at radius 3 is 3.10 bits per heavy atom. The van der Waals surface area contributed by atoms with Crippen LogP contribution in [0.1, 0.15) is 28.9 Å². The number of fused-ring (bicyclic) bond motifs is 1. The fourth-order valence-electron chi connectivity index (χ4n) is 1.86. The van der Waals surface area contributed by atoms with Crippen molar-refractivity contribution < 1.29 is 9.32 Å². The molecule has 21 heavy (non-hydrogen) atoms. The van der Waals surface area contributed by atoms with Crippen LogP contribution in [0.3, 0.4) is 0 Å². The van der Waals surface area contributed by atoms with Crippen LogP contribution in [0.5, 0.6) is 0 Å². The van der Waals surface area contributed by atoms with Crippen molar-refractivity contribution in [1.29, 1.82) is 0 Å². The van der Waals surface area contributed by atoms with Gasteiger partial charge in [-0.1, -0.05) is 23.7 Å². The van der Waals surface area contributed by atoms with Crippen LogP contribution in [0.25, 0.3) is 5.65 Å². The summed E-state index contributed by atoms with van der Waals surface area (Å²) in [5, 5.41) is 10.9. The molecule has 0 saturated carbocycles. The summed E-state index contributed by atoms with van der Waals surface area (Å²) in [6, 6.07) is 3.51. The normalized spacial score (nSPS) is 11.0. The Kier molecular flexibility index (Phi) is 3.57. The lowest BCUT2D eigenvalue weighted by Crippen LogP contribution is -2.23. The third-order valence-corrected chi connectivity index (χ3v) is 3.30. The van der Waals surface area contributed by atoms with E-state index >= 15 is 0 Å². The van der Waals surface area contributed by atoms with Gasteiger partial charge in [-0.25, -0.2) is 9.50 Å². The Morgan fingerprint density at radius 2 is 2.38 bits per heavy atom. The second-order valence-corrected chi connectivity index (χ2v) is 4.75. The Bertz CT molecular complexity index is 795. The van der Waals surface area contributed by atoms with Crippen molar-refractivity contribution in [3.63, 3.8) is 0 Å². The van der Waals surface area contributed by atoms with Gasteiger partial charge in [0.05, 0.1) is 12.2 Å². The third-order valence-electron chi connectivity index (χ3n) is 2.95. The first-order valence-electron chi connectivity index (χ1n) is 6.40. The van der Waals surface area contributed by atoms with E-state index < -0.39 is 0 Å². The van der Waals surface area contributed by atoms with Gasteiger partial charge in [-0.2, -0.15) is 5.10 Å². The molecule has 0 aliphatic carbocycles. The Morgan fingerprint density at radius 1 is 1.52 bits per heavy atom. The van der Waals surface area contributed by atoms with Crippen molar-refractivity contribution in [2.45, 2.75) is 19.9 Å². The maximum atomic E-state index is 12.1. The number of hydrogen-bond acceptors (Lipinski definition) is 5. The van der Waals surface area contributed by atoms with Gasteiger partial charge in [0.1, 0.15) is 5.02 Å². The molecule has 0 unspecified atom stereocenters. The fraction of sp³-hybridized carbons (Fsp3) is 0.231. The van der Waals surface area contributed by atoms with Crippen molar-refractivity contribution in [1.82, 2.24) is 25.1 Å². The number of halogens is 1. The molecule has 0 spiro atoms. The zero-order valence-electron chi connectivity index (χ0n) is 11.2. The summed E-state index contributed by atoms with van der Waals surface area (Å²) in [4.78, 5) is 16.2. The van der Waals surface area contributed by atoms with Crippen molar-refractivity contribution in [3.8, 4) is 0 Å². The highest BCUT2D eigenvalue weighted by atomic mass is 35.5. The number of nitrogens with zero attached hydrogens (tertiary/aromatic N) is 4. The number of aromatic nitrogens is 4. The molecule has 3 heterocycles. The number of amides is 1. The Balaban J connectivity index is 1.76. The van der Waals surface area contributed by atoms with E-state index in [1.807, 2.05) is 6.92 Å². The van der Waals surface area contributed by atoms with E-state index in [9.17, 15) is 4.79 Å². The molecule has 1 amide bonds. The second kappa shape index (κ2) is 5.53. The highest BCUT2D eigenvalue weighted by Gasteiger charge is 2.18. The van der Waals surface area contributed by atoms with E-state index in [1.165, 1.54) is 4.52 Å². The molecule has 3 aromatic rings. The average Bonchev–Trinajstić information content (AvgIpc) is 3.10. The van der Waals surface area contributed by atoms with Crippen molar-refractivity contribution >= 4 is 23.2 Å². The molecule has 7 nitrogen and oxygen atoms in total. The van der Waals surface area contributed by atoms with E-state index in [4.69, 9.17) is 16.1 Å². The third kappa shape index (κ3) is 2.59. The van der Waals surface area contributed by atoms with E-state index in [0.717, 1.165) is 12.1 Å². The zero-order chi connectivity index (χ0) is 14.8. The smallest absolute Gasteiger partial charge is 0.273 e. The van der Waals surface area contributed by atoms with Crippen LogP contribution in [0.2, 0.25) is 5.02 Å². The van der Waals surface area contributed by atoms with E-state index in [0.29, 0.717) is 11.4 Å². The molecule has 0 atom stereocenters. The first kappa shape index (κ1) is 13.6. The second-order valence-electron chi connectivity index (χ2n) is 4.37. The van der Waals surface area contributed by atoms with Gasteiger partial charge < -0.3 is 9.84 Å². The predicted molar refractivity (Wildman–Crippen MR) is 75.0 cm³/mol. The predicted octanol–water partition coefficient (Wildman–Crippen LogP) is 1.86. The number of rotatable bonds is 4. The van der Waals surface area contributed by atoms with Gasteiger partial charge in [-0.05, 0) is 12.5 Å². The molecule has 0 fully saturated rings. The van der Waals surface area contributed by atoms with E-state index in [1.54, 1.807) is 24.5 Å². The minimum atomic E-state index is -0.389. The quantitative estimate of drug-likeness (QED) is 0.795. The van der Waals surface area contributed by atoms with Gasteiger partial charge >= 0.3 is 0 Å². The summed E-state index contributed by atoms with van der Waals surface area (Å²) in [6.07, 6.45) is 4.04. The van der Waals surface area contributed by atoms with Crippen LogP contribution in [-0.2, 0) is 13.0 Å². The lowest BCUT2D eigenvalue weighted by atomic mass is 10.3. The summed E-state index contributed by atoms with van der Waals surface area (Å²) in [5.74, 6) is 0.193. The van der Waals surface area contributed by atoms with Crippen LogP contribution in [0.4, 0.5) is 0 Å². The number of nitrogens with one attached hydrogen (secondary N) is 1. The fourth-order valence-corrected chi connectivity index (χ4v) is 2.12. The maximum absolute atomic E-state index is 12.1. The van der Waals surface area contributed by atoms with Gasteiger partial charge in [0, 0.05) is 18.5 Å². The molecule has 8 heteroatoms. The number of aryl methyl sites for hydroxylation is 1. The van der Waals surface area contributed by atoms with Gasteiger partial charge in [-0.3, -0.25) is 4.79 Å². The number of hydrogen-bond donors (Lipinski definition) is 1. The Labute approximate surface area is 124 Å². The molecule has 1 N–H and O–H groups in total. The molecule has 0 radical (unpaired) electrons. The van der Waals surface area contributed by atoms with Crippen molar-refractivity contribution in [3.05, 3.63) is 46.7 Å². The highest BCUT2D eigenvalue weighted by molar-refractivity contribution is 6.36. The van der Waals surface area contributed by atoms with Crippen LogP contribution in [0.15, 0.2) is 29.0 Å². The lowest BCUT2D eigenvalue weighted by Gasteiger charge is -1.99. The van der Waals surface area contributed by atoms with Crippen molar-refractivity contribution in [2.24, 2.45) is 0 Å². The largest absolute Gasteiger partial charge is 0.359 e. The summed E-state index contributed by atoms with van der Waals surface area (Å²) >= 11 is 6.12. The van der Waals surface area contributed by atoms with Crippen LogP contribution in [-0.4, -0.2) is 25.7 Å². The molecular formula is C13H12ClN5O2. The first-order chi connectivity index (χ1) is 10.2. The SMILES string of the molecule is CCc1cc(CNC(=O)c2nn3cccnc3c2Cl)on1. The molecule has 3 rings (SSSR count). The molecule has 0 aromatic carbocycles. The average molecular weight is 306 g/mol. The standard InChI is InChI=1S/C13H12ClN5O2/c1-2-8-6-9(21-18-8)7-16-13(20)11-10(14)12-15-4-3-5-19(12)17-11/h3-6H,2,7H2,1H3,(H,16,20). The number of carbonyl (C=O) groups is 1. The molecule has 0 saturated heterocycles. The summed E-state index contributed by atoms with van der Waals surface area (Å²) in [5.41, 5.74) is 1.41. The molecule has 3 aromatic heterocycles. The van der Waals surface area contributed by atoms with Crippen LogP contribution in [0, 0.1) is 0 Å². The summed E-state index contributed by atoms with van der Waals surface area (Å²) in [6.45, 7) is 2.20. The van der Waals surface area contributed by atoms with Gasteiger partial charge in [0.15, 0.2) is 17.1 Å². The monoisotopic (exact) mass is 305 g/mol. The van der Waals surface area contributed by atoms with E-state index in [-0.39, 0.29) is 23.2 Å². The maximum Gasteiger partial charge on any atom is 0.273 e. The summed E-state index contributed by atoms with van der Waals surface area (Å²) < 4.78 is 6.55. The van der Waals surface area contributed by atoms with E-state index in [2.05, 4.69) is 20.6 Å². The first-order valence-corrected chi connectivity index (χ1v) is 6.78. The van der Waals surface area contributed by atoms with Gasteiger partial charge in [-0.15, -0.1) is 0 Å².